The summed E-state index contributed by atoms with van der Waals surface area (Å²) < 4.78 is 11.3. The summed E-state index contributed by atoms with van der Waals surface area (Å²) in [5.41, 5.74) is 0.885. The second-order valence-electron chi connectivity index (χ2n) is 8.71. The fraction of sp³-hybridized carbons (Fsp3) is 0.200. The number of nitrogens with zero attached hydrogens (tertiary/aromatic N) is 4. The Bertz CT molecular complexity index is 1530. The Morgan fingerprint density at radius 2 is 1.97 bits per heavy atom. The summed E-state index contributed by atoms with van der Waals surface area (Å²) in [7, 11) is 1.53. The van der Waals surface area contributed by atoms with Gasteiger partial charge in [0.2, 0.25) is 17.8 Å². The zero-order chi connectivity index (χ0) is 24.9. The Kier molecular flexibility index (Phi) is 4.92. The van der Waals surface area contributed by atoms with Crippen molar-refractivity contribution in [3.63, 3.8) is 0 Å². The van der Waals surface area contributed by atoms with Crippen molar-refractivity contribution >= 4 is 40.6 Å². The van der Waals surface area contributed by atoms with Crippen LogP contribution in [-0.2, 0) is 21.5 Å². The molecule has 6 rings (SSSR count). The maximum Gasteiger partial charge on any atom is 0.254 e. The second kappa shape index (κ2) is 8.15. The van der Waals surface area contributed by atoms with Gasteiger partial charge in [0.05, 0.1) is 13.5 Å². The first-order valence-corrected chi connectivity index (χ1v) is 11.2. The normalized spacial score (nSPS) is 19.0. The number of anilines is 2. The highest BCUT2D eigenvalue weighted by Crippen LogP contribution is 2.39. The van der Waals surface area contributed by atoms with Crippen molar-refractivity contribution in [3.8, 4) is 5.75 Å². The first-order chi connectivity index (χ1) is 17.4. The Labute approximate surface area is 204 Å². The second-order valence-corrected chi connectivity index (χ2v) is 8.71. The van der Waals surface area contributed by atoms with Gasteiger partial charge in [-0.3, -0.25) is 19.7 Å². The number of imide groups is 1. The van der Waals surface area contributed by atoms with Crippen LogP contribution in [0.4, 0.5) is 11.8 Å². The van der Waals surface area contributed by atoms with Crippen molar-refractivity contribution in [1.82, 2.24) is 25.2 Å². The van der Waals surface area contributed by atoms with Crippen LogP contribution in [0.25, 0.3) is 11.1 Å². The minimum absolute atomic E-state index is 0.0246. The molecule has 36 heavy (non-hydrogen) atoms. The molecule has 2 N–H and O–H groups in total. The molecule has 0 saturated carbocycles. The van der Waals surface area contributed by atoms with Crippen LogP contribution in [0.2, 0.25) is 0 Å². The van der Waals surface area contributed by atoms with E-state index in [4.69, 9.17) is 9.15 Å². The Morgan fingerprint density at radius 1 is 1.14 bits per heavy atom. The summed E-state index contributed by atoms with van der Waals surface area (Å²) in [4.78, 5) is 53.0. The van der Waals surface area contributed by atoms with Crippen LogP contribution in [0.1, 0.15) is 28.1 Å². The van der Waals surface area contributed by atoms with E-state index in [2.05, 4.69) is 25.6 Å². The standard InChI is InChI=1S/C25H20N6O5/c1-35-15-4-3-14-12-31(22(33)16(14)9-15)13-25(11-21(32)30-23(25)34)19-10-17-18(36-19)5-6-20(28-17)29-24-26-7-2-8-27-24/h2-10H,11-13H2,1H3,(H,30,32,34)(H,26,27,28,29)/t25-/m1/s1. The SMILES string of the molecule is COc1ccc2c(c1)C(=O)N(C[C@@]1(c3cc4nc(Nc5ncccn5)ccc4o3)CC(=O)NC1=O)C2. The largest absolute Gasteiger partial charge is 0.497 e. The number of carbonyl (C=O) groups excluding carboxylic acids is 3. The molecule has 180 valence electrons. The third-order valence-corrected chi connectivity index (χ3v) is 6.46. The molecular weight excluding hydrogens is 464 g/mol. The van der Waals surface area contributed by atoms with E-state index in [9.17, 15) is 14.4 Å². The maximum absolute atomic E-state index is 13.2. The van der Waals surface area contributed by atoms with Crippen LogP contribution in [0, 0.1) is 0 Å². The molecule has 0 bridgehead atoms. The van der Waals surface area contributed by atoms with E-state index >= 15 is 0 Å². The lowest BCUT2D eigenvalue weighted by Gasteiger charge is -2.28. The smallest absolute Gasteiger partial charge is 0.254 e. The summed E-state index contributed by atoms with van der Waals surface area (Å²) in [6, 6.07) is 12.1. The van der Waals surface area contributed by atoms with Crippen molar-refractivity contribution in [2.45, 2.75) is 18.4 Å². The topological polar surface area (TPSA) is 140 Å². The minimum Gasteiger partial charge on any atom is -0.497 e. The summed E-state index contributed by atoms with van der Waals surface area (Å²) in [5.74, 6) is 0.532. The molecule has 11 heteroatoms. The molecule has 0 radical (unpaired) electrons. The summed E-state index contributed by atoms with van der Waals surface area (Å²) in [6.45, 7) is 0.286. The maximum atomic E-state index is 13.2. The van der Waals surface area contributed by atoms with E-state index in [0.29, 0.717) is 40.7 Å². The lowest BCUT2D eigenvalue weighted by atomic mass is 9.82. The third-order valence-electron chi connectivity index (χ3n) is 6.46. The van der Waals surface area contributed by atoms with Gasteiger partial charge in [-0.05, 0) is 35.9 Å². The molecule has 2 aliphatic heterocycles. The van der Waals surface area contributed by atoms with Crippen LogP contribution >= 0.6 is 0 Å². The molecule has 1 fully saturated rings. The van der Waals surface area contributed by atoms with Gasteiger partial charge in [-0.25, -0.2) is 15.0 Å². The van der Waals surface area contributed by atoms with E-state index in [1.807, 2.05) is 6.07 Å². The lowest BCUT2D eigenvalue weighted by Crippen LogP contribution is -2.46. The molecule has 3 amide bonds. The number of ether oxygens (including phenoxy) is 1. The quantitative estimate of drug-likeness (QED) is 0.395. The number of amides is 3. The average Bonchev–Trinajstić information content (AvgIpc) is 3.53. The van der Waals surface area contributed by atoms with Crippen molar-refractivity contribution in [2.75, 3.05) is 19.0 Å². The molecule has 4 aromatic rings. The monoisotopic (exact) mass is 484 g/mol. The van der Waals surface area contributed by atoms with Gasteiger partial charge in [-0.1, -0.05) is 6.07 Å². The van der Waals surface area contributed by atoms with Crippen LogP contribution in [0.3, 0.4) is 0 Å². The molecule has 2 aliphatic rings. The van der Waals surface area contributed by atoms with Crippen molar-refractivity contribution in [1.29, 1.82) is 0 Å². The van der Waals surface area contributed by atoms with Gasteiger partial charge in [0.15, 0.2) is 5.58 Å². The van der Waals surface area contributed by atoms with E-state index in [0.717, 1.165) is 5.56 Å². The zero-order valence-electron chi connectivity index (χ0n) is 19.1. The van der Waals surface area contributed by atoms with E-state index < -0.39 is 17.2 Å². The highest BCUT2D eigenvalue weighted by molar-refractivity contribution is 6.10. The van der Waals surface area contributed by atoms with Gasteiger partial charge in [0.1, 0.15) is 28.3 Å². The number of fused-ring (bicyclic) bond motifs is 2. The van der Waals surface area contributed by atoms with Crippen molar-refractivity contribution < 1.29 is 23.5 Å². The predicted octanol–water partition coefficient (Wildman–Crippen LogP) is 2.31. The van der Waals surface area contributed by atoms with Crippen LogP contribution < -0.4 is 15.4 Å². The number of benzene rings is 1. The lowest BCUT2D eigenvalue weighted by molar-refractivity contribution is -0.127. The highest BCUT2D eigenvalue weighted by Gasteiger charge is 2.53. The molecular formula is C25H20N6O5. The molecule has 1 aromatic carbocycles. The third kappa shape index (κ3) is 3.52. The zero-order valence-corrected chi connectivity index (χ0v) is 19.1. The predicted molar refractivity (Wildman–Crippen MR) is 127 cm³/mol. The summed E-state index contributed by atoms with van der Waals surface area (Å²) in [6.07, 6.45) is 3.08. The van der Waals surface area contributed by atoms with Crippen LogP contribution in [0.15, 0.2) is 59.3 Å². The number of rotatable bonds is 6. The van der Waals surface area contributed by atoms with Crippen molar-refractivity contribution in [3.05, 3.63) is 71.7 Å². The molecule has 11 nitrogen and oxygen atoms in total. The molecule has 5 heterocycles. The molecule has 0 spiro atoms. The number of pyridine rings is 1. The molecule has 1 atom stereocenters. The van der Waals surface area contributed by atoms with Gasteiger partial charge < -0.3 is 19.4 Å². The molecule has 1 saturated heterocycles. The molecule has 3 aromatic heterocycles. The van der Waals surface area contributed by atoms with Crippen molar-refractivity contribution in [2.24, 2.45) is 0 Å². The number of hydrogen-bond donors (Lipinski definition) is 2. The minimum atomic E-state index is -1.38. The van der Waals surface area contributed by atoms with E-state index in [1.54, 1.807) is 53.7 Å². The van der Waals surface area contributed by atoms with Gasteiger partial charge in [0, 0.05) is 37.1 Å². The Hall–Kier alpha value is -4.80. The fourth-order valence-corrected chi connectivity index (χ4v) is 4.68. The fourth-order valence-electron chi connectivity index (χ4n) is 4.68. The Balaban J connectivity index is 1.34. The number of carbonyl (C=O) groups is 3. The van der Waals surface area contributed by atoms with Gasteiger partial charge in [0.25, 0.3) is 5.91 Å². The average molecular weight is 484 g/mol. The molecule has 0 aliphatic carbocycles. The van der Waals surface area contributed by atoms with Crippen LogP contribution in [-0.4, -0.2) is 51.2 Å². The first kappa shape index (κ1) is 21.7. The number of hydrogen-bond acceptors (Lipinski definition) is 9. The Morgan fingerprint density at radius 3 is 2.72 bits per heavy atom. The van der Waals surface area contributed by atoms with E-state index in [1.165, 1.54) is 7.11 Å². The summed E-state index contributed by atoms with van der Waals surface area (Å²) in [5, 5.41) is 5.39. The first-order valence-electron chi connectivity index (χ1n) is 11.2. The number of nitrogens with one attached hydrogen (secondary N) is 2. The molecule has 0 unspecified atom stereocenters. The number of aromatic nitrogens is 3. The highest BCUT2D eigenvalue weighted by atomic mass is 16.5. The van der Waals surface area contributed by atoms with Gasteiger partial charge in [-0.15, -0.1) is 0 Å². The number of methoxy groups -OCH3 is 1. The summed E-state index contributed by atoms with van der Waals surface area (Å²) >= 11 is 0. The van der Waals surface area contributed by atoms with Crippen LogP contribution in [0.5, 0.6) is 5.75 Å². The number of furan rings is 1. The van der Waals surface area contributed by atoms with Gasteiger partial charge >= 0.3 is 0 Å². The van der Waals surface area contributed by atoms with Gasteiger partial charge in [-0.2, -0.15) is 0 Å². The van der Waals surface area contributed by atoms with E-state index in [-0.39, 0.29) is 24.6 Å².